The van der Waals surface area contributed by atoms with E-state index in [0.717, 1.165) is 0 Å². The number of carbonyl (C=O) groups excluding carboxylic acids is 1. The number of halogens is 2. The molecular weight excluding hydrogens is 404 g/mol. The van der Waals surface area contributed by atoms with Gasteiger partial charge in [0, 0.05) is 30.9 Å². The van der Waals surface area contributed by atoms with Crippen LogP contribution in [-0.2, 0) is 16.6 Å². The number of carbonyl (C=O) groups is 1. The fourth-order valence-corrected chi connectivity index (χ4v) is 4.16. The van der Waals surface area contributed by atoms with Gasteiger partial charge in [-0.15, -0.1) is 0 Å². The minimum atomic E-state index is -3.66. The lowest BCUT2D eigenvalue weighted by Crippen LogP contribution is -2.31. The van der Waals surface area contributed by atoms with E-state index in [4.69, 9.17) is 0 Å². The van der Waals surface area contributed by atoms with Crippen LogP contribution >= 0.6 is 0 Å². The van der Waals surface area contributed by atoms with Crippen LogP contribution < -0.4 is 15.4 Å². The van der Waals surface area contributed by atoms with Crippen molar-refractivity contribution in [2.24, 2.45) is 0 Å². The Hall–Kier alpha value is -2.72. The Bertz CT molecular complexity index is 935. The average molecular weight is 427 g/mol. The third-order valence-electron chi connectivity index (χ3n) is 4.06. The second kappa shape index (κ2) is 10.2. The number of amides is 2. The number of nitrogens with one attached hydrogen (secondary N) is 2. The van der Waals surface area contributed by atoms with Gasteiger partial charge in [0.05, 0.1) is 4.90 Å². The van der Waals surface area contributed by atoms with E-state index in [1.807, 2.05) is 0 Å². The van der Waals surface area contributed by atoms with Crippen molar-refractivity contribution in [3.8, 4) is 5.75 Å². The third-order valence-corrected chi connectivity index (χ3v) is 6.11. The molecule has 0 saturated carbocycles. The van der Waals surface area contributed by atoms with E-state index in [1.165, 1.54) is 28.6 Å². The number of ether oxygens (including phenoxy) is 1. The molecule has 2 aromatic carbocycles. The van der Waals surface area contributed by atoms with Crippen molar-refractivity contribution in [1.82, 2.24) is 9.62 Å². The normalized spacial score (nSPS) is 11.5. The molecule has 0 aliphatic heterocycles. The van der Waals surface area contributed by atoms with Gasteiger partial charge in [-0.1, -0.05) is 38.1 Å². The Morgan fingerprint density at radius 3 is 2.45 bits per heavy atom. The van der Waals surface area contributed by atoms with Crippen molar-refractivity contribution in [1.29, 1.82) is 0 Å². The molecule has 0 aliphatic carbocycles. The smallest absolute Gasteiger partial charge is 0.387 e. The van der Waals surface area contributed by atoms with Crippen LogP contribution in [0.4, 0.5) is 19.3 Å². The highest BCUT2D eigenvalue weighted by atomic mass is 32.2. The van der Waals surface area contributed by atoms with Crippen LogP contribution in [0, 0.1) is 0 Å². The lowest BCUT2D eigenvalue weighted by molar-refractivity contribution is -0.0504. The summed E-state index contributed by atoms with van der Waals surface area (Å²) in [6.45, 7) is 1.12. The van der Waals surface area contributed by atoms with Gasteiger partial charge in [-0.3, -0.25) is 0 Å². The van der Waals surface area contributed by atoms with E-state index >= 15 is 0 Å². The first-order chi connectivity index (χ1) is 13.8. The van der Waals surface area contributed by atoms with Gasteiger partial charge in [0.15, 0.2) is 0 Å². The minimum Gasteiger partial charge on any atom is -0.434 e. The topological polar surface area (TPSA) is 87.7 Å². The molecule has 0 unspecified atom stereocenters. The Morgan fingerprint density at radius 2 is 1.79 bits per heavy atom. The molecule has 0 spiro atoms. The summed E-state index contributed by atoms with van der Waals surface area (Å²) in [5, 5.41) is 5.07. The molecular formula is C19H23F2N3O4S. The Labute approximate surface area is 168 Å². The lowest BCUT2D eigenvalue weighted by Gasteiger charge is -2.19. The Morgan fingerprint density at radius 1 is 1.10 bits per heavy atom. The molecule has 0 aromatic heterocycles. The number of benzene rings is 2. The minimum absolute atomic E-state index is 0.0323. The molecule has 0 radical (unpaired) electrons. The van der Waals surface area contributed by atoms with Gasteiger partial charge in [0.2, 0.25) is 10.0 Å². The van der Waals surface area contributed by atoms with E-state index in [-0.39, 0.29) is 22.9 Å². The first kappa shape index (κ1) is 22.6. The largest absolute Gasteiger partial charge is 0.434 e. The summed E-state index contributed by atoms with van der Waals surface area (Å²) in [5.74, 6) is -0.0323. The monoisotopic (exact) mass is 427 g/mol. The molecule has 2 rings (SSSR count). The van der Waals surface area contributed by atoms with Gasteiger partial charge in [0.25, 0.3) is 0 Å². The standard InChI is InChI=1S/C19H23F2N3O4S/c1-3-24(4-2)29(26,27)16-10-7-9-15(12-16)23-19(25)22-13-14-8-5-6-11-17(14)28-18(20)21/h5-12,18H,3-4,13H2,1-2H3,(H2,22,23,25). The summed E-state index contributed by atoms with van der Waals surface area (Å²) in [4.78, 5) is 12.2. The average Bonchev–Trinajstić information content (AvgIpc) is 2.68. The van der Waals surface area contributed by atoms with Crippen LogP contribution in [0.3, 0.4) is 0 Å². The summed E-state index contributed by atoms with van der Waals surface area (Å²) >= 11 is 0. The maximum absolute atomic E-state index is 12.6. The van der Waals surface area contributed by atoms with Gasteiger partial charge >= 0.3 is 12.6 Å². The van der Waals surface area contributed by atoms with E-state index < -0.39 is 22.7 Å². The molecule has 2 amide bonds. The first-order valence-corrected chi connectivity index (χ1v) is 10.4. The number of rotatable bonds is 9. The molecule has 2 aromatic rings. The van der Waals surface area contributed by atoms with Crippen molar-refractivity contribution < 1.29 is 26.7 Å². The van der Waals surface area contributed by atoms with Crippen molar-refractivity contribution in [2.75, 3.05) is 18.4 Å². The molecule has 0 saturated heterocycles. The molecule has 0 bridgehead atoms. The number of urea groups is 1. The number of sulfonamides is 1. The Balaban J connectivity index is 2.06. The molecule has 158 valence electrons. The summed E-state index contributed by atoms with van der Waals surface area (Å²) in [6.07, 6.45) is 0. The van der Waals surface area contributed by atoms with Gasteiger partial charge in [-0.25, -0.2) is 13.2 Å². The van der Waals surface area contributed by atoms with Crippen molar-refractivity contribution in [2.45, 2.75) is 31.9 Å². The van der Waals surface area contributed by atoms with Crippen LogP contribution in [0.1, 0.15) is 19.4 Å². The maximum atomic E-state index is 12.6. The highest BCUT2D eigenvalue weighted by Gasteiger charge is 2.21. The van der Waals surface area contributed by atoms with Gasteiger partial charge in [-0.05, 0) is 24.3 Å². The maximum Gasteiger partial charge on any atom is 0.387 e. The highest BCUT2D eigenvalue weighted by molar-refractivity contribution is 7.89. The Kier molecular flexibility index (Phi) is 7.91. The number of alkyl halides is 2. The van der Waals surface area contributed by atoms with Crippen LogP contribution in [0.15, 0.2) is 53.4 Å². The quantitative estimate of drug-likeness (QED) is 0.640. The number of hydrogen-bond donors (Lipinski definition) is 2. The van der Waals surface area contributed by atoms with E-state index in [1.54, 1.807) is 38.1 Å². The fourth-order valence-electron chi connectivity index (χ4n) is 2.66. The molecule has 2 N–H and O–H groups in total. The van der Waals surface area contributed by atoms with E-state index in [0.29, 0.717) is 18.7 Å². The number of anilines is 1. The number of hydrogen-bond acceptors (Lipinski definition) is 4. The zero-order valence-electron chi connectivity index (χ0n) is 16.1. The zero-order chi connectivity index (χ0) is 21.4. The van der Waals surface area contributed by atoms with Crippen LogP contribution in [-0.4, -0.2) is 38.5 Å². The molecule has 29 heavy (non-hydrogen) atoms. The van der Waals surface area contributed by atoms with Crippen molar-refractivity contribution in [3.63, 3.8) is 0 Å². The van der Waals surface area contributed by atoms with Crippen molar-refractivity contribution >= 4 is 21.7 Å². The lowest BCUT2D eigenvalue weighted by atomic mass is 10.2. The number of nitrogens with zero attached hydrogens (tertiary/aromatic N) is 1. The van der Waals surface area contributed by atoms with E-state index in [9.17, 15) is 22.0 Å². The molecule has 0 aliphatic rings. The van der Waals surface area contributed by atoms with Crippen molar-refractivity contribution in [3.05, 3.63) is 54.1 Å². The molecule has 0 fully saturated rings. The second-order valence-electron chi connectivity index (χ2n) is 5.91. The predicted molar refractivity (Wildman–Crippen MR) is 105 cm³/mol. The molecule has 0 heterocycles. The van der Waals surface area contributed by atoms with Gasteiger partial charge < -0.3 is 15.4 Å². The first-order valence-electron chi connectivity index (χ1n) is 8.95. The molecule has 10 heteroatoms. The van der Waals surface area contributed by atoms with Gasteiger partial charge in [0.1, 0.15) is 5.75 Å². The SMILES string of the molecule is CCN(CC)S(=O)(=O)c1cccc(NC(=O)NCc2ccccc2OC(F)F)c1. The summed E-state index contributed by atoms with van der Waals surface area (Å²) in [6, 6.07) is 11.4. The van der Waals surface area contributed by atoms with Crippen LogP contribution in [0.5, 0.6) is 5.75 Å². The molecule has 0 atom stereocenters. The van der Waals surface area contributed by atoms with Gasteiger partial charge in [-0.2, -0.15) is 13.1 Å². The number of para-hydroxylation sites is 1. The summed E-state index contributed by atoms with van der Waals surface area (Å²) < 4.78 is 55.8. The van der Waals surface area contributed by atoms with E-state index in [2.05, 4.69) is 15.4 Å². The van der Waals surface area contributed by atoms with Crippen LogP contribution in [0.2, 0.25) is 0 Å². The highest BCUT2D eigenvalue weighted by Crippen LogP contribution is 2.21. The fraction of sp³-hybridized carbons (Fsp3) is 0.316. The predicted octanol–water partition coefficient (Wildman–Crippen LogP) is 3.64. The summed E-state index contributed by atoms with van der Waals surface area (Å²) in [5.41, 5.74) is 0.661. The van der Waals surface area contributed by atoms with Crippen LogP contribution in [0.25, 0.3) is 0 Å². The third kappa shape index (κ3) is 6.13. The summed E-state index contributed by atoms with van der Waals surface area (Å²) in [7, 11) is -3.66. The molecule has 7 nitrogen and oxygen atoms in total. The second-order valence-corrected chi connectivity index (χ2v) is 7.85. The zero-order valence-corrected chi connectivity index (χ0v) is 16.9.